The summed E-state index contributed by atoms with van der Waals surface area (Å²) in [6.07, 6.45) is 3.12. The van der Waals surface area contributed by atoms with Crippen molar-refractivity contribution in [2.75, 3.05) is 23.7 Å². The first-order valence-electron chi connectivity index (χ1n) is 6.34. The van der Waals surface area contributed by atoms with Gasteiger partial charge in [-0.2, -0.15) is 0 Å². The van der Waals surface area contributed by atoms with E-state index in [4.69, 9.17) is 0 Å². The van der Waals surface area contributed by atoms with Crippen molar-refractivity contribution in [2.45, 2.75) is 25.8 Å². The summed E-state index contributed by atoms with van der Waals surface area (Å²) in [4.78, 5) is 0. The van der Waals surface area contributed by atoms with Gasteiger partial charge < -0.3 is 5.32 Å². The van der Waals surface area contributed by atoms with Gasteiger partial charge in [0.05, 0.1) is 11.9 Å². The molecule has 18 heavy (non-hydrogen) atoms. The summed E-state index contributed by atoms with van der Waals surface area (Å²) < 4.78 is 25.3. The molecule has 0 fully saturated rings. The van der Waals surface area contributed by atoms with Crippen molar-refractivity contribution in [2.24, 2.45) is 0 Å². The Hall–Kier alpha value is -1.07. The lowest BCUT2D eigenvalue weighted by Gasteiger charge is -2.23. The summed E-state index contributed by atoms with van der Waals surface area (Å²) >= 11 is 0. The Morgan fingerprint density at radius 2 is 2.11 bits per heavy atom. The van der Waals surface area contributed by atoms with Crippen LogP contribution in [0.5, 0.6) is 0 Å². The van der Waals surface area contributed by atoms with Crippen molar-refractivity contribution in [1.29, 1.82) is 0 Å². The van der Waals surface area contributed by atoms with Crippen molar-refractivity contribution < 1.29 is 8.42 Å². The SMILES string of the molecule is CCNC1CCCN(S(C)(=O)=O)c2ccccc21. The first-order valence-corrected chi connectivity index (χ1v) is 8.19. The molecule has 0 saturated heterocycles. The number of hydrogen-bond donors (Lipinski definition) is 1. The lowest BCUT2D eigenvalue weighted by atomic mass is 10.0. The maximum Gasteiger partial charge on any atom is 0.232 e. The maximum absolute atomic E-state index is 11.9. The van der Waals surface area contributed by atoms with Gasteiger partial charge in [0, 0.05) is 12.6 Å². The molecule has 0 radical (unpaired) electrons. The summed E-state index contributed by atoms with van der Waals surface area (Å²) in [6, 6.07) is 8.02. The average Bonchev–Trinajstić information content (AvgIpc) is 2.49. The fourth-order valence-electron chi connectivity index (χ4n) is 2.53. The minimum atomic E-state index is -3.20. The molecule has 0 saturated carbocycles. The van der Waals surface area contributed by atoms with E-state index in [0.29, 0.717) is 6.54 Å². The lowest BCUT2D eigenvalue weighted by molar-refractivity contribution is 0.512. The highest BCUT2D eigenvalue weighted by molar-refractivity contribution is 7.92. The summed E-state index contributed by atoms with van der Waals surface area (Å²) in [5.74, 6) is 0. The average molecular weight is 268 g/mol. The highest BCUT2D eigenvalue weighted by atomic mass is 32.2. The van der Waals surface area contributed by atoms with E-state index in [1.54, 1.807) is 0 Å². The number of fused-ring (bicyclic) bond motifs is 1. The van der Waals surface area contributed by atoms with Gasteiger partial charge in [-0.3, -0.25) is 4.31 Å². The van der Waals surface area contributed by atoms with E-state index >= 15 is 0 Å². The molecule has 0 aliphatic carbocycles. The summed E-state index contributed by atoms with van der Waals surface area (Å²) in [5.41, 5.74) is 1.91. The second-order valence-corrected chi connectivity index (χ2v) is 6.55. The summed E-state index contributed by atoms with van der Waals surface area (Å²) in [6.45, 7) is 3.53. The fraction of sp³-hybridized carbons (Fsp3) is 0.538. The normalized spacial score (nSPS) is 20.3. The van der Waals surface area contributed by atoms with E-state index in [9.17, 15) is 8.42 Å². The number of anilines is 1. The highest BCUT2D eigenvalue weighted by Crippen LogP contribution is 2.33. The molecule has 1 atom stereocenters. The zero-order valence-electron chi connectivity index (χ0n) is 10.9. The summed E-state index contributed by atoms with van der Waals surface area (Å²) in [5, 5.41) is 3.43. The van der Waals surface area contributed by atoms with Gasteiger partial charge in [0.25, 0.3) is 0 Å². The molecule has 1 N–H and O–H groups in total. The molecule has 0 bridgehead atoms. The van der Waals surface area contributed by atoms with E-state index in [2.05, 4.69) is 12.2 Å². The largest absolute Gasteiger partial charge is 0.310 e. The van der Waals surface area contributed by atoms with E-state index in [-0.39, 0.29) is 6.04 Å². The molecular weight excluding hydrogens is 248 g/mol. The third kappa shape index (κ3) is 2.67. The molecule has 0 aromatic heterocycles. The number of benzene rings is 1. The standard InChI is InChI=1S/C13H20N2O2S/c1-3-14-12-8-6-10-15(18(2,16)17)13-9-5-4-7-11(12)13/h4-5,7,9,12,14H,3,6,8,10H2,1-2H3. The Morgan fingerprint density at radius 1 is 1.39 bits per heavy atom. The molecule has 4 nitrogen and oxygen atoms in total. The molecule has 2 rings (SSSR count). The van der Waals surface area contributed by atoms with Crippen LogP contribution in [0.15, 0.2) is 24.3 Å². The second kappa shape index (κ2) is 5.28. The maximum atomic E-state index is 11.9. The van der Waals surface area contributed by atoms with Gasteiger partial charge in [0.2, 0.25) is 10.0 Å². The number of hydrogen-bond acceptors (Lipinski definition) is 3. The van der Waals surface area contributed by atoms with Crippen molar-refractivity contribution in [3.63, 3.8) is 0 Å². The molecule has 0 amide bonds. The zero-order valence-corrected chi connectivity index (χ0v) is 11.7. The number of nitrogens with one attached hydrogen (secondary N) is 1. The van der Waals surface area contributed by atoms with Gasteiger partial charge in [-0.05, 0) is 31.0 Å². The van der Waals surface area contributed by atoms with Crippen molar-refractivity contribution in [3.05, 3.63) is 29.8 Å². The van der Waals surface area contributed by atoms with Gasteiger partial charge in [-0.1, -0.05) is 25.1 Å². The first kappa shape index (κ1) is 13.4. The minimum absolute atomic E-state index is 0.248. The Kier molecular flexibility index (Phi) is 3.92. The zero-order chi connectivity index (χ0) is 13.2. The van der Waals surface area contributed by atoms with Crippen LogP contribution in [0.3, 0.4) is 0 Å². The van der Waals surface area contributed by atoms with Crippen LogP contribution in [-0.2, 0) is 10.0 Å². The molecule has 1 aromatic carbocycles. The minimum Gasteiger partial charge on any atom is -0.310 e. The van der Waals surface area contributed by atoms with Crippen LogP contribution in [0, 0.1) is 0 Å². The Bertz CT molecular complexity index is 513. The predicted octanol–water partition coefficient (Wildman–Crippen LogP) is 1.90. The third-order valence-corrected chi connectivity index (χ3v) is 4.47. The molecule has 5 heteroatoms. The lowest BCUT2D eigenvalue weighted by Crippen LogP contribution is -2.30. The van der Waals surface area contributed by atoms with E-state index in [1.807, 2.05) is 24.3 Å². The van der Waals surface area contributed by atoms with Crippen LogP contribution < -0.4 is 9.62 Å². The van der Waals surface area contributed by atoms with Crippen molar-refractivity contribution >= 4 is 15.7 Å². The smallest absolute Gasteiger partial charge is 0.232 e. The summed E-state index contributed by atoms with van der Waals surface area (Å²) in [7, 11) is -3.20. The molecule has 1 aliphatic rings. The molecule has 0 spiro atoms. The van der Waals surface area contributed by atoms with Crippen LogP contribution in [0.25, 0.3) is 0 Å². The van der Waals surface area contributed by atoms with E-state index in [1.165, 1.54) is 10.6 Å². The van der Waals surface area contributed by atoms with Crippen LogP contribution in [-0.4, -0.2) is 27.8 Å². The topological polar surface area (TPSA) is 49.4 Å². The van der Waals surface area contributed by atoms with E-state index in [0.717, 1.165) is 30.6 Å². The van der Waals surface area contributed by atoms with Crippen molar-refractivity contribution in [3.8, 4) is 0 Å². The van der Waals surface area contributed by atoms with Gasteiger partial charge in [0.15, 0.2) is 0 Å². The van der Waals surface area contributed by atoms with E-state index < -0.39 is 10.0 Å². The Labute approximate surface area is 109 Å². The van der Waals surface area contributed by atoms with Crippen LogP contribution in [0.1, 0.15) is 31.4 Å². The van der Waals surface area contributed by atoms with Crippen LogP contribution in [0.4, 0.5) is 5.69 Å². The van der Waals surface area contributed by atoms with Gasteiger partial charge in [-0.15, -0.1) is 0 Å². The quantitative estimate of drug-likeness (QED) is 0.911. The van der Waals surface area contributed by atoms with Gasteiger partial charge in [0.1, 0.15) is 0 Å². The molecule has 1 unspecified atom stereocenters. The number of para-hydroxylation sites is 1. The number of sulfonamides is 1. The van der Waals surface area contributed by atoms with Crippen LogP contribution in [0.2, 0.25) is 0 Å². The van der Waals surface area contributed by atoms with Crippen molar-refractivity contribution in [1.82, 2.24) is 5.32 Å². The molecule has 100 valence electrons. The second-order valence-electron chi connectivity index (χ2n) is 4.65. The third-order valence-electron chi connectivity index (χ3n) is 3.29. The monoisotopic (exact) mass is 268 g/mol. The predicted molar refractivity (Wildman–Crippen MR) is 74.3 cm³/mol. The first-order chi connectivity index (χ1) is 8.54. The number of rotatable bonds is 3. The van der Waals surface area contributed by atoms with Gasteiger partial charge in [-0.25, -0.2) is 8.42 Å². The Balaban J connectivity index is 2.48. The number of nitrogens with zero attached hydrogens (tertiary/aromatic N) is 1. The molecule has 1 heterocycles. The molecule has 1 aliphatic heterocycles. The van der Waals surface area contributed by atoms with Crippen LogP contribution >= 0.6 is 0 Å². The highest BCUT2D eigenvalue weighted by Gasteiger charge is 2.26. The van der Waals surface area contributed by atoms with Gasteiger partial charge >= 0.3 is 0 Å². The fourth-order valence-corrected chi connectivity index (χ4v) is 3.51. The molecule has 1 aromatic rings. The Morgan fingerprint density at radius 3 is 2.78 bits per heavy atom. The molecular formula is C13H20N2O2S.